The highest BCUT2D eigenvalue weighted by Crippen LogP contribution is 2.20. The maximum Gasteiger partial charge on any atom is 0.243 e. The van der Waals surface area contributed by atoms with Crippen LogP contribution in [0.15, 0.2) is 59.8 Å². The number of unbranched alkanes of at least 4 members (excludes halogenated alkanes) is 4. The van der Waals surface area contributed by atoms with Gasteiger partial charge in [0.05, 0.1) is 5.71 Å². The summed E-state index contributed by atoms with van der Waals surface area (Å²) in [5, 5.41) is 21.2. The van der Waals surface area contributed by atoms with Crippen LogP contribution in [0.5, 0.6) is 0 Å². The zero-order chi connectivity index (χ0) is 18.6. The zero-order valence-electron chi connectivity index (χ0n) is 14.9. The molecule has 138 valence electrons. The Bertz CT molecular complexity index is 697. The van der Waals surface area contributed by atoms with Gasteiger partial charge in [-0.3, -0.25) is 10.0 Å². The molecule has 0 bridgehead atoms. The van der Waals surface area contributed by atoms with E-state index < -0.39 is 0 Å². The van der Waals surface area contributed by atoms with Gasteiger partial charge in [-0.25, -0.2) is 5.48 Å². The number of carbonyl (C=O) groups excluding carboxylic acids is 1. The van der Waals surface area contributed by atoms with Crippen molar-refractivity contribution >= 4 is 11.6 Å². The molecule has 0 aliphatic carbocycles. The number of hydrogen-bond donors (Lipinski definition) is 3. The van der Waals surface area contributed by atoms with Crippen LogP contribution < -0.4 is 5.48 Å². The van der Waals surface area contributed by atoms with Gasteiger partial charge in [0.25, 0.3) is 0 Å². The smallest absolute Gasteiger partial charge is 0.243 e. The van der Waals surface area contributed by atoms with Gasteiger partial charge in [0.15, 0.2) is 0 Å². The van der Waals surface area contributed by atoms with Crippen LogP contribution in [-0.4, -0.2) is 22.0 Å². The Balaban J connectivity index is 1.76. The summed E-state index contributed by atoms with van der Waals surface area (Å²) >= 11 is 0. The van der Waals surface area contributed by atoms with E-state index >= 15 is 0 Å². The summed E-state index contributed by atoms with van der Waals surface area (Å²) in [6, 6.07) is 18.2. The molecule has 0 fully saturated rings. The number of benzene rings is 2. The van der Waals surface area contributed by atoms with Gasteiger partial charge in [-0.05, 0) is 36.0 Å². The maximum atomic E-state index is 10.9. The average molecular weight is 354 g/mol. The molecular formula is C21H26N2O3. The van der Waals surface area contributed by atoms with Gasteiger partial charge in [0, 0.05) is 6.42 Å². The normalized spacial score (nSPS) is 11.3. The molecule has 0 heterocycles. The molecule has 5 heteroatoms. The van der Waals surface area contributed by atoms with Crippen molar-refractivity contribution in [1.82, 2.24) is 5.48 Å². The predicted octanol–water partition coefficient (Wildman–Crippen LogP) is 4.77. The van der Waals surface area contributed by atoms with Crippen LogP contribution in [0, 0.1) is 0 Å². The second kappa shape index (κ2) is 11.1. The average Bonchev–Trinajstić information content (AvgIpc) is 2.71. The summed E-state index contributed by atoms with van der Waals surface area (Å²) in [4.78, 5) is 10.9. The topological polar surface area (TPSA) is 81.9 Å². The summed E-state index contributed by atoms with van der Waals surface area (Å²) in [6.07, 6.45) is 5.77. The van der Waals surface area contributed by atoms with E-state index in [0.29, 0.717) is 12.1 Å². The van der Waals surface area contributed by atoms with E-state index in [1.54, 1.807) is 5.48 Å². The third kappa shape index (κ3) is 6.33. The lowest BCUT2D eigenvalue weighted by atomic mass is 9.99. The number of oxime groups is 1. The van der Waals surface area contributed by atoms with E-state index in [1.165, 1.54) is 0 Å². The van der Waals surface area contributed by atoms with Gasteiger partial charge >= 0.3 is 0 Å². The molecule has 0 atom stereocenters. The Morgan fingerprint density at radius 3 is 2.00 bits per heavy atom. The first kappa shape index (κ1) is 19.7. The fourth-order valence-corrected chi connectivity index (χ4v) is 2.90. The predicted molar refractivity (Wildman–Crippen MR) is 102 cm³/mol. The largest absolute Gasteiger partial charge is 0.411 e. The third-order valence-corrected chi connectivity index (χ3v) is 4.39. The molecule has 0 aliphatic heterocycles. The summed E-state index contributed by atoms with van der Waals surface area (Å²) in [5.41, 5.74) is 5.58. The van der Waals surface area contributed by atoms with Crippen molar-refractivity contribution in [2.45, 2.75) is 44.9 Å². The van der Waals surface area contributed by atoms with Crippen molar-refractivity contribution in [3.8, 4) is 11.1 Å². The molecule has 0 spiro atoms. The van der Waals surface area contributed by atoms with Crippen LogP contribution in [0.3, 0.4) is 0 Å². The summed E-state index contributed by atoms with van der Waals surface area (Å²) in [7, 11) is 0. The van der Waals surface area contributed by atoms with Gasteiger partial charge in [0.2, 0.25) is 5.91 Å². The van der Waals surface area contributed by atoms with Gasteiger partial charge < -0.3 is 5.21 Å². The molecule has 3 N–H and O–H groups in total. The molecule has 26 heavy (non-hydrogen) atoms. The second-order valence-electron chi connectivity index (χ2n) is 6.29. The van der Waals surface area contributed by atoms with Crippen LogP contribution in [-0.2, 0) is 4.79 Å². The molecule has 5 nitrogen and oxygen atoms in total. The Morgan fingerprint density at radius 2 is 1.38 bits per heavy atom. The number of nitrogens with zero attached hydrogens (tertiary/aromatic N) is 1. The zero-order valence-corrected chi connectivity index (χ0v) is 14.9. The lowest BCUT2D eigenvalue weighted by molar-refractivity contribution is -0.129. The molecular weight excluding hydrogens is 328 g/mol. The van der Waals surface area contributed by atoms with E-state index in [2.05, 4.69) is 17.3 Å². The van der Waals surface area contributed by atoms with Gasteiger partial charge in [0.1, 0.15) is 0 Å². The Morgan fingerprint density at radius 1 is 0.808 bits per heavy atom. The molecule has 0 aliphatic rings. The van der Waals surface area contributed by atoms with Gasteiger partial charge in [-0.1, -0.05) is 79.0 Å². The monoisotopic (exact) mass is 354 g/mol. The Hall–Kier alpha value is -2.66. The molecule has 2 aromatic carbocycles. The van der Waals surface area contributed by atoms with Crippen LogP contribution in [0.1, 0.15) is 50.5 Å². The molecule has 0 radical (unpaired) electrons. The number of hydroxylamine groups is 1. The molecule has 0 unspecified atom stereocenters. The Labute approximate surface area is 154 Å². The van der Waals surface area contributed by atoms with Crippen LogP contribution >= 0.6 is 0 Å². The number of rotatable bonds is 10. The minimum atomic E-state index is -0.335. The van der Waals surface area contributed by atoms with Crippen molar-refractivity contribution in [3.63, 3.8) is 0 Å². The first-order valence-electron chi connectivity index (χ1n) is 9.04. The van der Waals surface area contributed by atoms with Gasteiger partial charge in [-0.2, -0.15) is 0 Å². The Kier molecular flexibility index (Phi) is 8.36. The van der Waals surface area contributed by atoms with Crippen LogP contribution in [0.4, 0.5) is 0 Å². The van der Waals surface area contributed by atoms with Gasteiger partial charge in [-0.15, -0.1) is 0 Å². The third-order valence-electron chi connectivity index (χ3n) is 4.39. The fraction of sp³-hybridized carbons (Fsp3) is 0.333. The second-order valence-corrected chi connectivity index (χ2v) is 6.29. The maximum absolute atomic E-state index is 10.9. The standard InChI is InChI=1S/C21H26N2O3/c24-21(23-26)12-8-3-1-2-7-11-20(22-25)19-15-13-18(14-16-19)17-9-5-4-6-10-17/h4-6,9-10,13-16,25-26H,1-3,7-8,11-12H2,(H,23,24)/b22-20+. The quantitative estimate of drug-likeness (QED) is 0.189. The number of amides is 1. The van der Waals surface area contributed by atoms with E-state index in [9.17, 15) is 10.0 Å². The highest BCUT2D eigenvalue weighted by atomic mass is 16.5. The summed E-state index contributed by atoms with van der Waals surface area (Å²) in [5.74, 6) is -0.335. The first-order chi connectivity index (χ1) is 12.7. The molecule has 1 amide bonds. The highest BCUT2D eigenvalue weighted by molar-refractivity contribution is 6.00. The number of hydrogen-bond acceptors (Lipinski definition) is 4. The highest BCUT2D eigenvalue weighted by Gasteiger charge is 2.06. The van der Waals surface area contributed by atoms with Crippen molar-refractivity contribution < 1.29 is 15.2 Å². The minimum Gasteiger partial charge on any atom is -0.411 e. The van der Waals surface area contributed by atoms with E-state index in [-0.39, 0.29) is 5.91 Å². The number of carbonyl (C=O) groups is 1. The molecule has 0 saturated heterocycles. The summed E-state index contributed by atoms with van der Waals surface area (Å²) < 4.78 is 0. The van der Waals surface area contributed by atoms with E-state index in [1.807, 2.05) is 42.5 Å². The molecule has 0 aromatic heterocycles. The molecule has 2 rings (SSSR count). The van der Waals surface area contributed by atoms with Crippen molar-refractivity contribution in [1.29, 1.82) is 0 Å². The van der Waals surface area contributed by atoms with Crippen molar-refractivity contribution in [3.05, 3.63) is 60.2 Å². The van der Waals surface area contributed by atoms with E-state index in [4.69, 9.17) is 5.21 Å². The minimum absolute atomic E-state index is 0.335. The summed E-state index contributed by atoms with van der Waals surface area (Å²) in [6.45, 7) is 0. The molecule has 2 aromatic rings. The lowest BCUT2D eigenvalue weighted by Gasteiger charge is -2.07. The lowest BCUT2D eigenvalue weighted by Crippen LogP contribution is -2.17. The van der Waals surface area contributed by atoms with E-state index in [0.717, 1.165) is 55.2 Å². The fourth-order valence-electron chi connectivity index (χ4n) is 2.90. The molecule has 0 saturated carbocycles. The van der Waals surface area contributed by atoms with Crippen LogP contribution in [0.2, 0.25) is 0 Å². The van der Waals surface area contributed by atoms with Crippen molar-refractivity contribution in [2.75, 3.05) is 0 Å². The van der Waals surface area contributed by atoms with Crippen LogP contribution in [0.25, 0.3) is 11.1 Å². The number of nitrogens with one attached hydrogen (secondary N) is 1. The SMILES string of the molecule is O=C(CCCCCCC/C(=N\O)c1ccc(-c2ccccc2)cc1)NO. The first-order valence-corrected chi connectivity index (χ1v) is 9.04. The van der Waals surface area contributed by atoms with Crippen molar-refractivity contribution in [2.24, 2.45) is 5.16 Å².